The molecular formula is C23H20ClFN4. The predicted molar refractivity (Wildman–Crippen MR) is 117 cm³/mol. The van der Waals surface area contributed by atoms with Crippen LogP contribution in [0.5, 0.6) is 0 Å². The Labute approximate surface area is 173 Å². The van der Waals surface area contributed by atoms with Crippen LogP contribution in [0.2, 0.25) is 5.02 Å². The number of aromatic nitrogens is 2. The summed E-state index contributed by atoms with van der Waals surface area (Å²) in [6.07, 6.45) is 6.75. The lowest BCUT2D eigenvalue weighted by molar-refractivity contribution is 0.614. The molecule has 0 saturated carbocycles. The van der Waals surface area contributed by atoms with E-state index in [1.165, 1.54) is 23.8 Å². The number of fused-ring (bicyclic) bond motifs is 1. The van der Waals surface area contributed by atoms with E-state index in [-0.39, 0.29) is 17.3 Å². The smallest absolute Gasteiger partial charge is 0.132 e. The Morgan fingerprint density at radius 1 is 1.21 bits per heavy atom. The zero-order chi connectivity index (χ0) is 20.5. The zero-order valence-electron chi connectivity index (χ0n) is 15.8. The summed E-state index contributed by atoms with van der Waals surface area (Å²) in [5, 5.41) is 8.73. The molecule has 4 nitrogen and oxygen atoms in total. The van der Waals surface area contributed by atoms with Crippen LogP contribution in [0.15, 0.2) is 55.3 Å². The predicted octanol–water partition coefficient (Wildman–Crippen LogP) is 5.40. The van der Waals surface area contributed by atoms with Crippen LogP contribution in [0, 0.1) is 11.2 Å². The Balaban J connectivity index is 1.68. The highest BCUT2D eigenvalue weighted by atomic mass is 35.5. The third-order valence-corrected chi connectivity index (χ3v) is 5.40. The van der Waals surface area contributed by atoms with Crippen molar-refractivity contribution < 1.29 is 4.39 Å². The molecule has 1 unspecified atom stereocenters. The van der Waals surface area contributed by atoms with Crippen LogP contribution in [0.3, 0.4) is 0 Å². The number of rotatable bonds is 4. The number of hydrogen-bond acceptors (Lipinski definition) is 4. The fraction of sp³-hybridized carbons (Fsp3) is 0.174. The number of pyridine rings is 2. The Morgan fingerprint density at radius 2 is 2.03 bits per heavy atom. The van der Waals surface area contributed by atoms with E-state index < -0.39 is 5.82 Å². The molecular weight excluding hydrogens is 387 g/mol. The number of nitrogens with two attached hydrogens (primary N) is 1. The minimum Gasteiger partial charge on any atom is -0.327 e. The topological polar surface area (TPSA) is 75.7 Å². The highest BCUT2D eigenvalue weighted by molar-refractivity contribution is 6.33. The van der Waals surface area contributed by atoms with Gasteiger partial charge in [-0.25, -0.2) is 9.37 Å². The molecule has 2 aromatic heterocycles. The van der Waals surface area contributed by atoms with Crippen molar-refractivity contribution in [3.63, 3.8) is 0 Å². The standard InChI is InChI=1S/C23H20ClFN4/c1-13(23(27)18-11-16(24)4-7-19(18)25)20-8-9-21-22(29-20)10-15(12-28-21)14-2-5-17(26)6-3-14/h2,4,7-12,17,27H,1,3,5-6,26H2. The van der Waals surface area contributed by atoms with Crippen LogP contribution >= 0.6 is 11.6 Å². The summed E-state index contributed by atoms with van der Waals surface area (Å²) in [5.41, 5.74) is 10.5. The Kier molecular flexibility index (Phi) is 5.26. The lowest BCUT2D eigenvalue weighted by atomic mass is 9.92. The van der Waals surface area contributed by atoms with E-state index in [9.17, 15) is 4.39 Å². The van der Waals surface area contributed by atoms with Crippen molar-refractivity contribution in [1.82, 2.24) is 9.97 Å². The SMILES string of the molecule is C=C(C(=N)c1cc(Cl)ccc1F)c1ccc2ncc(C3=CCC(N)CC3)cc2n1. The fourth-order valence-electron chi connectivity index (χ4n) is 3.45. The quantitative estimate of drug-likeness (QED) is 0.569. The molecule has 2 heterocycles. The average Bonchev–Trinajstić information content (AvgIpc) is 2.74. The summed E-state index contributed by atoms with van der Waals surface area (Å²) in [7, 11) is 0. The van der Waals surface area contributed by atoms with Gasteiger partial charge in [0, 0.05) is 28.4 Å². The zero-order valence-corrected chi connectivity index (χ0v) is 16.5. The van der Waals surface area contributed by atoms with E-state index in [1.807, 2.05) is 18.3 Å². The fourth-order valence-corrected chi connectivity index (χ4v) is 3.62. The van der Waals surface area contributed by atoms with Gasteiger partial charge in [0.15, 0.2) is 0 Å². The average molecular weight is 407 g/mol. The van der Waals surface area contributed by atoms with E-state index >= 15 is 0 Å². The van der Waals surface area contributed by atoms with Crippen LogP contribution in [-0.2, 0) is 0 Å². The van der Waals surface area contributed by atoms with Gasteiger partial charge in [0.05, 0.1) is 22.4 Å². The summed E-state index contributed by atoms with van der Waals surface area (Å²) in [4.78, 5) is 9.14. The maximum absolute atomic E-state index is 14.1. The van der Waals surface area contributed by atoms with Gasteiger partial charge in [-0.2, -0.15) is 0 Å². The second kappa shape index (κ2) is 7.85. The summed E-state index contributed by atoms with van der Waals surface area (Å²) in [5.74, 6) is -0.521. The lowest BCUT2D eigenvalue weighted by Crippen LogP contribution is -2.21. The van der Waals surface area contributed by atoms with Gasteiger partial charge in [-0.15, -0.1) is 0 Å². The Bertz CT molecular complexity index is 1170. The third-order valence-electron chi connectivity index (χ3n) is 5.17. The van der Waals surface area contributed by atoms with Gasteiger partial charge >= 0.3 is 0 Å². The molecule has 0 amide bonds. The molecule has 1 aliphatic rings. The first-order chi connectivity index (χ1) is 13.9. The molecule has 3 aromatic rings. The number of nitrogens with one attached hydrogen (secondary N) is 1. The van der Waals surface area contributed by atoms with Crippen molar-refractivity contribution in [3.05, 3.63) is 82.9 Å². The van der Waals surface area contributed by atoms with Crippen molar-refractivity contribution in [2.75, 3.05) is 0 Å². The lowest BCUT2D eigenvalue weighted by Gasteiger charge is -2.18. The molecule has 29 heavy (non-hydrogen) atoms. The van der Waals surface area contributed by atoms with Crippen LogP contribution in [0.1, 0.15) is 36.1 Å². The second-order valence-corrected chi connectivity index (χ2v) is 7.64. The van der Waals surface area contributed by atoms with Gasteiger partial charge < -0.3 is 5.73 Å². The van der Waals surface area contributed by atoms with Crippen LogP contribution in [0.25, 0.3) is 22.2 Å². The molecule has 0 fully saturated rings. The highest BCUT2D eigenvalue weighted by Gasteiger charge is 2.16. The molecule has 0 aliphatic heterocycles. The monoisotopic (exact) mass is 406 g/mol. The van der Waals surface area contributed by atoms with Gasteiger partial charge in [0.2, 0.25) is 0 Å². The first kappa shape index (κ1) is 19.4. The third kappa shape index (κ3) is 3.97. The molecule has 1 aliphatic carbocycles. The highest BCUT2D eigenvalue weighted by Crippen LogP contribution is 2.28. The van der Waals surface area contributed by atoms with Crippen molar-refractivity contribution in [2.24, 2.45) is 5.73 Å². The molecule has 0 spiro atoms. The second-order valence-electron chi connectivity index (χ2n) is 7.20. The maximum Gasteiger partial charge on any atom is 0.132 e. The molecule has 4 rings (SSSR count). The Hall–Kier alpha value is -2.89. The van der Waals surface area contributed by atoms with Crippen molar-refractivity contribution in [2.45, 2.75) is 25.3 Å². The van der Waals surface area contributed by atoms with E-state index in [2.05, 4.69) is 22.6 Å². The molecule has 0 radical (unpaired) electrons. The normalized spacial score (nSPS) is 16.5. The van der Waals surface area contributed by atoms with E-state index in [0.29, 0.717) is 21.8 Å². The number of halogens is 2. The minimum atomic E-state index is -0.521. The molecule has 1 atom stereocenters. The van der Waals surface area contributed by atoms with Crippen molar-refractivity contribution in [3.8, 4) is 0 Å². The van der Waals surface area contributed by atoms with Gasteiger partial charge in [-0.05, 0) is 66.8 Å². The summed E-state index contributed by atoms with van der Waals surface area (Å²) >= 11 is 5.96. The van der Waals surface area contributed by atoms with E-state index in [0.717, 1.165) is 30.3 Å². The van der Waals surface area contributed by atoms with Crippen molar-refractivity contribution in [1.29, 1.82) is 5.41 Å². The summed E-state index contributed by atoms with van der Waals surface area (Å²) < 4.78 is 14.1. The summed E-state index contributed by atoms with van der Waals surface area (Å²) in [6.45, 7) is 3.96. The molecule has 0 bridgehead atoms. The first-order valence-corrected chi connectivity index (χ1v) is 9.75. The van der Waals surface area contributed by atoms with Crippen LogP contribution in [0.4, 0.5) is 4.39 Å². The van der Waals surface area contributed by atoms with Crippen molar-refractivity contribution >= 4 is 39.5 Å². The molecule has 3 N–H and O–H groups in total. The molecule has 1 aromatic carbocycles. The number of benzene rings is 1. The van der Waals surface area contributed by atoms with Gasteiger partial charge in [0.25, 0.3) is 0 Å². The molecule has 6 heteroatoms. The number of nitrogens with zero attached hydrogens (tertiary/aromatic N) is 2. The van der Waals surface area contributed by atoms with Crippen LogP contribution in [-0.4, -0.2) is 21.7 Å². The van der Waals surface area contributed by atoms with E-state index in [1.54, 1.807) is 6.07 Å². The molecule has 146 valence electrons. The minimum absolute atomic E-state index is 0.0510. The van der Waals surface area contributed by atoms with Crippen LogP contribution < -0.4 is 5.73 Å². The number of hydrogen-bond donors (Lipinski definition) is 2. The molecule has 0 saturated heterocycles. The number of allylic oxidation sites excluding steroid dienone is 2. The first-order valence-electron chi connectivity index (χ1n) is 9.38. The Morgan fingerprint density at radius 3 is 2.79 bits per heavy atom. The largest absolute Gasteiger partial charge is 0.327 e. The van der Waals surface area contributed by atoms with Gasteiger partial charge in [0.1, 0.15) is 5.82 Å². The van der Waals surface area contributed by atoms with Gasteiger partial charge in [-0.3, -0.25) is 10.4 Å². The van der Waals surface area contributed by atoms with Gasteiger partial charge in [-0.1, -0.05) is 24.3 Å². The summed E-state index contributed by atoms with van der Waals surface area (Å²) in [6, 6.07) is 9.90. The maximum atomic E-state index is 14.1. The van der Waals surface area contributed by atoms with E-state index in [4.69, 9.17) is 22.7 Å².